The summed E-state index contributed by atoms with van der Waals surface area (Å²) < 4.78 is 0. The standard InChI is InChI=1S/C6H11NO4/c8-2-4-5(9)1-3(7-4)6(10)11/h3-5,7-9H,1-2H2,(H,10,11)/t3-,4-,5+/m0/s1. The van der Waals surface area contributed by atoms with Crippen LogP contribution in [-0.4, -0.2) is 46.1 Å². The van der Waals surface area contributed by atoms with Crippen LogP contribution < -0.4 is 5.32 Å². The molecule has 1 rings (SSSR count). The van der Waals surface area contributed by atoms with Crippen molar-refractivity contribution in [3.8, 4) is 0 Å². The molecule has 64 valence electrons. The highest BCUT2D eigenvalue weighted by molar-refractivity contribution is 5.74. The van der Waals surface area contributed by atoms with Gasteiger partial charge in [-0.05, 0) is 0 Å². The van der Waals surface area contributed by atoms with Gasteiger partial charge in [-0.2, -0.15) is 0 Å². The number of aliphatic hydroxyl groups is 2. The molecule has 1 heterocycles. The summed E-state index contributed by atoms with van der Waals surface area (Å²) in [6.45, 7) is -0.231. The number of nitrogens with one attached hydrogen (secondary N) is 1. The Balaban J connectivity index is 2.49. The molecular weight excluding hydrogens is 150 g/mol. The topological polar surface area (TPSA) is 89.8 Å². The minimum Gasteiger partial charge on any atom is -0.480 e. The molecule has 0 aromatic heterocycles. The third-order valence-corrected chi connectivity index (χ3v) is 1.85. The lowest BCUT2D eigenvalue weighted by Crippen LogP contribution is -2.39. The van der Waals surface area contributed by atoms with E-state index in [0.29, 0.717) is 0 Å². The summed E-state index contributed by atoms with van der Waals surface area (Å²) in [4.78, 5) is 10.4. The van der Waals surface area contributed by atoms with Crippen LogP contribution in [0.2, 0.25) is 0 Å². The van der Waals surface area contributed by atoms with E-state index in [0.717, 1.165) is 0 Å². The summed E-state index contributed by atoms with van der Waals surface area (Å²) in [5.74, 6) is -0.986. The first-order valence-electron chi connectivity index (χ1n) is 3.43. The van der Waals surface area contributed by atoms with E-state index in [1.807, 2.05) is 0 Å². The predicted molar refractivity (Wildman–Crippen MR) is 36.1 cm³/mol. The van der Waals surface area contributed by atoms with Gasteiger partial charge in [0, 0.05) is 6.42 Å². The molecule has 1 saturated heterocycles. The zero-order valence-corrected chi connectivity index (χ0v) is 5.90. The number of aliphatic carboxylic acids is 1. The van der Waals surface area contributed by atoms with Crippen molar-refractivity contribution in [2.75, 3.05) is 6.61 Å². The maximum absolute atomic E-state index is 10.4. The molecule has 0 saturated carbocycles. The van der Waals surface area contributed by atoms with Crippen molar-refractivity contribution < 1.29 is 20.1 Å². The van der Waals surface area contributed by atoms with E-state index in [4.69, 9.17) is 15.3 Å². The average molecular weight is 161 g/mol. The number of carboxylic acid groups (broad SMARTS) is 1. The first-order valence-corrected chi connectivity index (χ1v) is 3.43. The van der Waals surface area contributed by atoms with Crippen LogP contribution in [0, 0.1) is 0 Å². The molecule has 4 N–H and O–H groups in total. The molecule has 0 aromatic carbocycles. The summed E-state index contributed by atoms with van der Waals surface area (Å²) in [6.07, 6.45) is -0.582. The smallest absolute Gasteiger partial charge is 0.320 e. The second-order valence-corrected chi connectivity index (χ2v) is 2.65. The summed E-state index contributed by atoms with van der Waals surface area (Å²) in [6, 6.07) is -1.21. The Bertz CT molecular complexity index is 161. The normalized spacial score (nSPS) is 37.5. The molecule has 0 unspecified atom stereocenters. The van der Waals surface area contributed by atoms with E-state index in [1.165, 1.54) is 0 Å². The van der Waals surface area contributed by atoms with Gasteiger partial charge in [0.25, 0.3) is 0 Å². The third kappa shape index (κ3) is 1.68. The van der Waals surface area contributed by atoms with Gasteiger partial charge < -0.3 is 15.3 Å². The molecular formula is C6H11NO4. The molecule has 0 aliphatic carbocycles. The Morgan fingerprint density at radius 3 is 2.55 bits per heavy atom. The molecule has 0 spiro atoms. The van der Waals surface area contributed by atoms with Crippen molar-refractivity contribution in [1.29, 1.82) is 0 Å². The highest BCUT2D eigenvalue weighted by Crippen LogP contribution is 2.12. The van der Waals surface area contributed by atoms with Crippen molar-refractivity contribution in [2.45, 2.75) is 24.6 Å². The van der Waals surface area contributed by atoms with E-state index >= 15 is 0 Å². The van der Waals surface area contributed by atoms with Crippen LogP contribution in [-0.2, 0) is 4.79 Å². The number of carboxylic acids is 1. The maximum atomic E-state index is 10.4. The first kappa shape index (κ1) is 8.45. The van der Waals surface area contributed by atoms with E-state index in [9.17, 15) is 4.79 Å². The second-order valence-electron chi connectivity index (χ2n) is 2.65. The fourth-order valence-electron chi connectivity index (χ4n) is 1.19. The molecule has 1 aliphatic heterocycles. The van der Waals surface area contributed by atoms with Gasteiger partial charge in [0.2, 0.25) is 0 Å². The van der Waals surface area contributed by atoms with E-state index in [2.05, 4.69) is 5.32 Å². The molecule has 0 bridgehead atoms. The van der Waals surface area contributed by atoms with E-state index in [1.54, 1.807) is 0 Å². The summed E-state index contributed by atoms with van der Waals surface area (Å²) in [5.41, 5.74) is 0. The SMILES string of the molecule is O=C(O)[C@@H]1C[C@@H](O)[C@H](CO)N1. The van der Waals surface area contributed by atoms with Gasteiger partial charge in [-0.25, -0.2) is 0 Å². The Morgan fingerprint density at radius 2 is 2.27 bits per heavy atom. The number of aliphatic hydroxyl groups excluding tert-OH is 2. The predicted octanol–water partition coefficient (Wildman–Crippen LogP) is -1.85. The lowest BCUT2D eigenvalue weighted by atomic mass is 10.1. The molecule has 0 aromatic rings. The Kier molecular flexibility index (Phi) is 2.43. The Labute approximate surface area is 63.7 Å². The number of carbonyl (C=O) groups is 1. The van der Waals surface area contributed by atoms with Gasteiger partial charge in [-0.1, -0.05) is 0 Å². The van der Waals surface area contributed by atoms with Crippen LogP contribution in [0.25, 0.3) is 0 Å². The fourth-order valence-corrected chi connectivity index (χ4v) is 1.19. The summed E-state index contributed by atoms with van der Waals surface area (Å²) in [7, 11) is 0. The van der Waals surface area contributed by atoms with Crippen LogP contribution >= 0.6 is 0 Å². The number of rotatable bonds is 2. The van der Waals surface area contributed by atoms with E-state index in [-0.39, 0.29) is 13.0 Å². The van der Waals surface area contributed by atoms with Crippen LogP contribution in [0.3, 0.4) is 0 Å². The number of hydrogen-bond donors (Lipinski definition) is 4. The monoisotopic (exact) mass is 161 g/mol. The van der Waals surface area contributed by atoms with Crippen LogP contribution in [0.15, 0.2) is 0 Å². The largest absolute Gasteiger partial charge is 0.480 e. The van der Waals surface area contributed by atoms with Crippen molar-refractivity contribution >= 4 is 5.97 Å². The van der Waals surface area contributed by atoms with Crippen molar-refractivity contribution in [1.82, 2.24) is 5.32 Å². The molecule has 1 aliphatic rings. The maximum Gasteiger partial charge on any atom is 0.320 e. The fraction of sp³-hybridized carbons (Fsp3) is 0.833. The van der Waals surface area contributed by atoms with Gasteiger partial charge >= 0.3 is 5.97 Å². The molecule has 0 amide bonds. The highest BCUT2D eigenvalue weighted by atomic mass is 16.4. The quantitative estimate of drug-likeness (QED) is 0.382. The zero-order valence-electron chi connectivity index (χ0n) is 5.90. The summed E-state index contributed by atoms with van der Waals surface area (Å²) in [5, 5.41) is 28.8. The van der Waals surface area contributed by atoms with Gasteiger partial charge in [-0.3, -0.25) is 10.1 Å². The van der Waals surface area contributed by atoms with Gasteiger partial charge in [0.05, 0.1) is 18.8 Å². The molecule has 5 heteroatoms. The molecule has 11 heavy (non-hydrogen) atoms. The number of hydrogen-bond acceptors (Lipinski definition) is 4. The van der Waals surface area contributed by atoms with Gasteiger partial charge in [0.15, 0.2) is 0 Å². The third-order valence-electron chi connectivity index (χ3n) is 1.85. The lowest BCUT2D eigenvalue weighted by molar-refractivity contribution is -0.139. The minimum absolute atomic E-state index is 0.167. The zero-order chi connectivity index (χ0) is 8.43. The van der Waals surface area contributed by atoms with Gasteiger partial charge in [0.1, 0.15) is 6.04 Å². The van der Waals surface area contributed by atoms with Crippen LogP contribution in [0.5, 0.6) is 0 Å². The van der Waals surface area contributed by atoms with Gasteiger partial charge in [-0.15, -0.1) is 0 Å². The van der Waals surface area contributed by atoms with E-state index < -0.39 is 24.2 Å². The molecule has 3 atom stereocenters. The van der Waals surface area contributed by atoms with Crippen LogP contribution in [0.1, 0.15) is 6.42 Å². The Morgan fingerprint density at radius 1 is 1.64 bits per heavy atom. The molecule has 1 fully saturated rings. The summed E-state index contributed by atoms with van der Waals surface area (Å²) >= 11 is 0. The minimum atomic E-state index is -0.986. The van der Waals surface area contributed by atoms with Crippen molar-refractivity contribution in [2.24, 2.45) is 0 Å². The molecule has 5 nitrogen and oxygen atoms in total. The van der Waals surface area contributed by atoms with Crippen molar-refractivity contribution in [3.05, 3.63) is 0 Å². The van der Waals surface area contributed by atoms with Crippen LogP contribution in [0.4, 0.5) is 0 Å². The first-order chi connectivity index (χ1) is 5.15. The van der Waals surface area contributed by atoms with Crippen molar-refractivity contribution in [3.63, 3.8) is 0 Å². The lowest BCUT2D eigenvalue weighted by Gasteiger charge is -2.09. The Hall–Kier alpha value is -0.650. The second kappa shape index (κ2) is 3.17. The highest BCUT2D eigenvalue weighted by Gasteiger charge is 2.35. The molecule has 0 radical (unpaired) electrons. The average Bonchev–Trinajstić information content (AvgIpc) is 2.31.